The highest BCUT2D eigenvalue weighted by Gasteiger charge is 2.21. The fourth-order valence-electron chi connectivity index (χ4n) is 4.52. The molecule has 4 aromatic rings. The number of carbonyl (C=O) groups is 1. The van der Waals surface area contributed by atoms with Crippen LogP contribution < -0.4 is 15.5 Å². The number of anilines is 1. The van der Waals surface area contributed by atoms with Gasteiger partial charge in [0.2, 0.25) is 0 Å². The largest absolute Gasteiger partial charge is 0.465 e. The van der Waals surface area contributed by atoms with E-state index in [1.807, 2.05) is 41.8 Å². The van der Waals surface area contributed by atoms with Gasteiger partial charge in [0, 0.05) is 49.9 Å². The summed E-state index contributed by atoms with van der Waals surface area (Å²) in [5, 5.41) is 19.6. The number of fused-ring (bicyclic) bond motifs is 1. The van der Waals surface area contributed by atoms with E-state index in [4.69, 9.17) is 15.2 Å². The van der Waals surface area contributed by atoms with Crippen LogP contribution in [0.25, 0.3) is 28.0 Å². The number of piperazine rings is 1. The Morgan fingerprint density at radius 1 is 1.06 bits per heavy atom. The summed E-state index contributed by atoms with van der Waals surface area (Å²) >= 11 is 0. The Hall–Kier alpha value is -3.91. The number of rotatable bonds is 6. The van der Waals surface area contributed by atoms with Crippen molar-refractivity contribution in [1.29, 1.82) is 0 Å². The molecule has 0 saturated carbocycles. The molecule has 1 saturated heterocycles. The third-order valence-electron chi connectivity index (χ3n) is 6.16. The summed E-state index contributed by atoms with van der Waals surface area (Å²) in [6, 6.07) is 20.6. The molecular weight excluding hydrogens is 428 g/mol. The molecule has 0 aliphatic carbocycles. The molecule has 0 spiro atoms. The first-order chi connectivity index (χ1) is 16.6. The third-order valence-corrected chi connectivity index (χ3v) is 6.16. The molecule has 174 valence electrons. The lowest BCUT2D eigenvalue weighted by molar-refractivity contribution is 0.194. The van der Waals surface area contributed by atoms with Gasteiger partial charge in [0.15, 0.2) is 5.65 Å². The molecule has 0 atom stereocenters. The molecule has 1 fully saturated rings. The van der Waals surface area contributed by atoms with Gasteiger partial charge in [-0.2, -0.15) is 9.61 Å². The minimum absolute atomic E-state index is 0.372. The normalized spacial score (nSPS) is 13.9. The van der Waals surface area contributed by atoms with Crippen molar-refractivity contribution in [1.82, 2.24) is 25.2 Å². The average Bonchev–Trinajstić information content (AvgIpc) is 3.20. The molecule has 0 bridgehead atoms. The van der Waals surface area contributed by atoms with Gasteiger partial charge in [-0.25, -0.2) is 9.78 Å². The van der Waals surface area contributed by atoms with Crippen molar-refractivity contribution in [2.24, 2.45) is 0 Å². The van der Waals surface area contributed by atoms with Crippen molar-refractivity contribution >= 4 is 17.6 Å². The van der Waals surface area contributed by atoms with Crippen LogP contribution in [0.3, 0.4) is 0 Å². The van der Waals surface area contributed by atoms with E-state index < -0.39 is 6.09 Å². The molecule has 8 heteroatoms. The van der Waals surface area contributed by atoms with E-state index in [-0.39, 0.29) is 0 Å². The van der Waals surface area contributed by atoms with Crippen LogP contribution in [0.2, 0.25) is 0 Å². The number of benzene rings is 2. The van der Waals surface area contributed by atoms with Gasteiger partial charge in [-0.3, -0.25) is 0 Å². The Morgan fingerprint density at radius 3 is 2.59 bits per heavy atom. The number of aromatic nitrogens is 3. The molecule has 3 N–H and O–H groups in total. The number of nitrogens with zero attached hydrogens (tertiary/aromatic N) is 4. The molecule has 8 nitrogen and oxygen atoms in total. The second kappa shape index (κ2) is 9.52. The quantitative estimate of drug-likeness (QED) is 0.411. The summed E-state index contributed by atoms with van der Waals surface area (Å²) in [5.41, 5.74) is 6.87. The highest BCUT2D eigenvalue weighted by atomic mass is 16.4. The Kier molecular flexibility index (Phi) is 6.14. The van der Waals surface area contributed by atoms with Gasteiger partial charge in [0.1, 0.15) is 5.82 Å². The Balaban J connectivity index is 1.63. The molecule has 2 aromatic carbocycles. The van der Waals surface area contributed by atoms with Gasteiger partial charge in [-0.15, -0.1) is 0 Å². The molecule has 34 heavy (non-hydrogen) atoms. The topological polar surface area (TPSA) is 94.8 Å². The second-order valence-electron chi connectivity index (χ2n) is 8.48. The molecule has 5 rings (SSSR count). The van der Waals surface area contributed by atoms with Crippen molar-refractivity contribution in [2.45, 2.75) is 13.3 Å². The Labute approximate surface area is 198 Å². The van der Waals surface area contributed by atoms with Crippen molar-refractivity contribution in [3.8, 4) is 22.4 Å². The summed E-state index contributed by atoms with van der Waals surface area (Å²) in [5.74, 6) is 1.03. The maximum Gasteiger partial charge on any atom is 0.404 e. The zero-order valence-electron chi connectivity index (χ0n) is 19.2. The molecule has 3 heterocycles. The van der Waals surface area contributed by atoms with E-state index in [1.54, 1.807) is 0 Å². The zero-order chi connectivity index (χ0) is 23.5. The molecule has 1 aliphatic rings. The third kappa shape index (κ3) is 4.45. The monoisotopic (exact) mass is 456 g/mol. The minimum atomic E-state index is -1.01. The van der Waals surface area contributed by atoms with Gasteiger partial charge >= 0.3 is 6.09 Å². The summed E-state index contributed by atoms with van der Waals surface area (Å²) in [4.78, 5) is 18.3. The van der Waals surface area contributed by atoms with Gasteiger partial charge in [-0.05, 0) is 30.5 Å². The standard InChI is InChI=1S/C26H28N6O2/c1-18-24(20-7-3-2-4-8-20)25-29-22(17-23(32(25)30-18)31-14-12-27-13-15-31)21-9-5-6-19(16-21)10-11-28-26(33)34/h2-9,16-17,27-28H,10-15H2,1H3,(H,33,34). The van der Waals surface area contributed by atoms with Crippen LogP contribution in [0.1, 0.15) is 11.3 Å². The number of hydrogen-bond acceptors (Lipinski definition) is 5. The maximum absolute atomic E-state index is 10.8. The van der Waals surface area contributed by atoms with Crippen LogP contribution in [0.15, 0.2) is 60.7 Å². The molecule has 1 aliphatic heterocycles. The van der Waals surface area contributed by atoms with Crippen LogP contribution in [0, 0.1) is 6.92 Å². The van der Waals surface area contributed by atoms with Crippen molar-refractivity contribution in [3.63, 3.8) is 0 Å². The first-order valence-corrected chi connectivity index (χ1v) is 11.6. The van der Waals surface area contributed by atoms with Gasteiger partial charge < -0.3 is 20.6 Å². The second-order valence-corrected chi connectivity index (χ2v) is 8.48. The number of hydrogen-bond donors (Lipinski definition) is 3. The molecular formula is C26H28N6O2. The van der Waals surface area contributed by atoms with Crippen molar-refractivity contribution in [2.75, 3.05) is 37.6 Å². The number of nitrogens with one attached hydrogen (secondary N) is 2. The van der Waals surface area contributed by atoms with E-state index >= 15 is 0 Å². The van der Waals surface area contributed by atoms with Crippen molar-refractivity contribution in [3.05, 3.63) is 71.9 Å². The average molecular weight is 457 g/mol. The summed E-state index contributed by atoms with van der Waals surface area (Å²) in [6.45, 7) is 6.07. The number of amides is 1. The fraction of sp³-hybridized carbons (Fsp3) is 0.269. The van der Waals surface area contributed by atoms with E-state index in [0.29, 0.717) is 13.0 Å². The zero-order valence-corrected chi connectivity index (χ0v) is 19.2. The van der Waals surface area contributed by atoms with Gasteiger partial charge in [0.25, 0.3) is 0 Å². The van der Waals surface area contributed by atoms with Crippen LogP contribution >= 0.6 is 0 Å². The highest BCUT2D eigenvalue weighted by molar-refractivity contribution is 5.83. The van der Waals surface area contributed by atoms with Gasteiger partial charge in [0.05, 0.1) is 11.4 Å². The lowest BCUT2D eigenvalue weighted by Gasteiger charge is -2.29. The van der Waals surface area contributed by atoms with E-state index in [2.05, 4.69) is 45.9 Å². The molecule has 0 unspecified atom stereocenters. The first-order valence-electron chi connectivity index (χ1n) is 11.6. The summed E-state index contributed by atoms with van der Waals surface area (Å²) in [6.07, 6.45) is -0.387. The van der Waals surface area contributed by atoms with Crippen LogP contribution in [0.5, 0.6) is 0 Å². The van der Waals surface area contributed by atoms with Crippen LogP contribution in [0.4, 0.5) is 10.6 Å². The van der Waals surface area contributed by atoms with Crippen LogP contribution in [-0.4, -0.2) is 58.5 Å². The van der Waals surface area contributed by atoms with E-state index in [0.717, 1.165) is 71.3 Å². The van der Waals surface area contributed by atoms with E-state index in [1.165, 1.54) is 0 Å². The molecule has 2 aromatic heterocycles. The number of aryl methyl sites for hydroxylation is 1. The van der Waals surface area contributed by atoms with E-state index in [9.17, 15) is 4.79 Å². The summed E-state index contributed by atoms with van der Waals surface area (Å²) < 4.78 is 1.98. The van der Waals surface area contributed by atoms with Crippen molar-refractivity contribution < 1.29 is 9.90 Å². The fourth-order valence-corrected chi connectivity index (χ4v) is 4.52. The molecule has 1 amide bonds. The van der Waals surface area contributed by atoms with Gasteiger partial charge in [-0.1, -0.05) is 48.5 Å². The Bertz CT molecular complexity index is 1310. The first kappa shape index (κ1) is 21.9. The SMILES string of the molecule is Cc1nn2c(N3CCNCC3)cc(-c3cccc(CCNC(=O)O)c3)nc2c1-c1ccccc1. The number of carboxylic acid groups (broad SMARTS) is 1. The smallest absolute Gasteiger partial charge is 0.404 e. The lowest BCUT2D eigenvalue weighted by Crippen LogP contribution is -2.44. The van der Waals surface area contributed by atoms with Crippen LogP contribution in [-0.2, 0) is 6.42 Å². The predicted molar refractivity (Wildman–Crippen MR) is 133 cm³/mol. The Morgan fingerprint density at radius 2 is 1.82 bits per heavy atom. The summed E-state index contributed by atoms with van der Waals surface area (Å²) in [7, 11) is 0. The predicted octanol–water partition coefficient (Wildman–Crippen LogP) is 3.59. The highest BCUT2D eigenvalue weighted by Crippen LogP contribution is 2.33. The lowest BCUT2D eigenvalue weighted by atomic mass is 10.0. The maximum atomic E-state index is 10.8. The molecule has 0 radical (unpaired) electrons. The minimum Gasteiger partial charge on any atom is -0.465 e.